The summed E-state index contributed by atoms with van der Waals surface area (Å²) in [6.07, 6.45) is 0.195. The molecule has 6 nitrogen and oxygen atoms in total. The average Bonchev–Trinajstić information content (AvgIpc) is 2.22. The Morgan fingerprint density at radius 2 is 1.71 bits per heavy atom. The Balaban J connectivity index is 4.18. The van der Waals surface area contributed by atoms with Crippen molar-refractivity contribution in [3.8, 4) is 0 Å². The average molecular weight is 203 g/mol. The van der Waals surface area contributed by atoms with Crippen LogP contribution in [-0.4, -0.2) is 39.0 Å². The molecule has 0 atom stereocenters. The Morgan fingerprint density at radius 3 is 2.14 bits per heavy atom. The summed E-state index contributed by atoms with van der Waals surface area (Å²) in [7, 11) is 3.81. The third-order valence-corrected chi connectivity index (χ3v) is 1.42. The minimum Gasteiger partial charge on any atom is -0.469 e. The maximum atomic E-state index is 11.0. The lowest BCUT2D eigenvalue weighted by molar-refractivity contribution is -0.140. The molecule has 80 valence electrons. The van der Waals surface area contributed by atoms with Gasteiger partial charge in [-0.15, -0.1) is 0 Å². The van der Waals surface area contributed by atoms with Crippen LogP contribution in [0.2, 0.25) is 0 Å². The number of ether oxygens (including phenoxy) is 2. The zero-order chi connectivity index (χ0) is 11.0. The van der Waals surface area contributed by atoms with Gasteiger partial charge in [0.05, 0.1) is 20.6 Å². The fourth-order valence-electron chi connectivity index (χ4n) is 0.736. The smallest absolute Gasteiger partial charge is 0.355 e. The van der Waals surface area contributed by atoms with E-state index in [0.29, 0.717) is 0 Å². The molecule has 0 aliphatic rings. The van der Waals surface area contributed by atoms with Crippen LogP contribution < -0.4 is 0 Å². The minimum absolute atomic E-state index is 0.0559. The molecule has 0 heterocycles. The first-order valence-corrected chi connectivity index (χ1v) is 3.90. The van der Waals surface area contributed by atoms with Crippen molar-refractivity contribution in [2.75, 3.05) is 21.3 Å². The lowest BCUT2D eigenvalue weighted by Gasteiger charge is -2.02. The molecular weight excluding hydrogens is 190 g/mol. The van der Waals surface area contributed by atoms with E-state index in [0.717, 1.165) is 0 Å². The topological polar surface area (TPSA) is 74.2 Å². The summed E-state index contributed by atoms with van der Waals surface area (Å²) in [6.45, 7) is 0. The number of carbonyl (C=O) groups excluding carboxylic acids is 2. The van der Waals surface area contributed by atoms with Crippen LogP contribution in [0.1, 0.15) is 12.8 Å². The Labute approximate surface area is 81.8 Å². The molecule has 6 heteroatoms. The van der Waals surface area contributed by atoms with Gasteiger partial charge in [-0.05, 0) is 0 Å². The number of nitrogens with zero attached hydrogens (tertiary/aromatic N) is 1. The monoisotopic (exact) mass is 203 g/mol. The summed E-state index contributed by atoms with van der Waals surface area (Å²) in [6, 6.07) is 0. The van der Waals surface area contributed by atoms with Crippen molar-refractivity contribution in [3.05, 3.63) is 0 Å². The second-order valence-electron chi connectivity index (χ2n) is 2.29. The fourth-order valence-corrected chi connectivity index (χ4v) is 0.736. The minimum atomic E-state index is -0.615. The number of hydrogen-bond acceptors (Lipinski definition) is 6. The molecule has 14 heavy (non-hydrogen) atoms. The van der Waals surface area contributed by atoms with Gasteiger partial charge in [-0.2, -0.15) is 0 Å². The number of hydrogen-bond donors (Lipinski definition) is 0. The van der Waals surface area contributed by atoms with E-state index in [9.17, 15) is 9.59 Å². The molecule has 0 rings (SSSR count). The van der Waals surface area contributed by atoms with Gasteiger partial charge in [-0.25, -0.2) is 4.79 Å². The highest BCUT2D eigenvalue weighted by atomic mass is 16.6. The highest BCUT2D eigenvalue weighted by molar-refractivity contribution is 6.36. The van der Waals surface area contributed by atoms with Crippen molar-refractivity contribution >= 4 is 17.7 Å². The lowest BCUT2D eigenvalue weighted by atomic mass is 10.2. The predicted molar refractivity (Wildman–Crippen MR) is 47.7 cm³/mol. The third-order valence-electron chi connectivity index (χ3n) is 1.42. The molecular formula is C8H13NO5. The maximum absolute atomic E-state index is 11.0. The number of carbonyl (C=O) groups is 2. The van der Waals surface area contributed by atoms with Crippen LogP contribution in [-0.2, 0) is 23.9 Å². The Morgan fingerprint density at radius 1 is 1.07 bits per heavy atom. The van der Waals surface area contributed by atoms with Gasteiger partial charge >= 0.3 is 11.9 Å². The molecule has 0 bridgehead atoms. The summed E-state index contributed by atoms with van der Waals surface area (Å²) < 4.78 is 8.83. The van der Waals surface area contributed by atoms with E-state index in [1.54, 1.807) is 0 Å². The first-order chi connectivity index (χ1) is 6.65. The molecule has 0 aliphatic heterocycles. The van der Waals surface area contributed by atoms with Gasteiger partial charge in [-0.3, -0.25) is 4.79 Å². The standard InChI is InChI=1S/C8H13NO5/c1-12-7(10)5-4-6(9-14-3)8(11)13-2/h4-5H2,1-3H3. The van der Waals surface area contributed by atoms with Crippen LogP contribution in [0.5, 0.6) is 0 Å². The largest absolute Gasteiger partial charge is 0.469 e. The lowest BCUT2D eigenvalue weighted by Crippen LogP contribution is -2.17. The molecule has 0 spiro atoms. The van der Waals surface area contributed by atoms with Crippen molar-refractivity contribution in [2.24, 2.45) is 5.16 Å². The van der Waals surface area contributed by atoms with Crippen LogP contribution in [0.4, 0.5) is 0 Å². The predicted octanol–water partition coefficient (Wildman–Crippen LogP) is 0.115. The van der Waals surface area contributed by atoms with Crippen molar-refractivity contribution < 1.29 is 23.9 Å². The van der Waals surface area contributed by atoms with Crippen LogP contribution in [0.3, 0.4) is 0 Å². The van der Waals surface area contributed by atoms with Gasteiger partial charge in [0, 0.05) is 6.42 Å². The number of esters is 2. The molecule has 0 aromatic rings. The van der Waals surface area contributed by atoms with Crippen LogP contribution in [0, 0.1) is 0 Å². The van der Waals surface area contributed by atoms with E-state index in [-0.39, 0.29) is 18.6 Å². The number of rotatable bonds is 5. The van der Waals surface area contributed by atoms with Crippen LogP contribution in [0.25, 0.3) is 0 Å². The van der Waals surface area contributed by atoms with Crippen molar-refractivity contribution in [2.45, 2.75) is 12.8 Å². The van der Waals surface area contributed by atoms with E-state index in [4.69, 9.17) is 0 Å². The zero-order valence-electron chi connectivity index (χ0n) is 8.40. The van der Waals surface area contributed by atoms with Crippen LogP contribution in [0.15, 0.2) is 5.16 Å². The summed E-state index contributed by atoms with van der Waals surface area (Å²) in [5, 5.41) is 3.44. The molecule has 0 radical (unpaired) electrons. The summed E-state index contributed by atoms with van der Waals surface area (Å²) in [5.74, 6) is -1.03. The molecule has 0 amide bonds. The molecule has 0 aromatic carbocycles. The van der Waals surface area contributed by atoms with E-state index >= 15 is 0 Å². The quantitative estimate of drug-likeness (QED) is 0.360. The van der Waals surface area contributed by atoms with Gasteiger partial charge in [0.2, 0.25) is 0 Å². The Hall–Kier alpha value is -1.59. The SMILES string of the molecule is CON=C(CCC(=O)OC)C(=O)OC. The maximum Gasteiger partial charge on any atom is 0.355 e. The van der Waals surface area contributed by atoms with E-state index in [1.165, 1.54) is 21.3 Å². The first kappa shape index (κ1) is 12.4. The van der Waals surface area contributed by atoms with Gasteiger partial charge in [-0.1, -0.05) is 5.16 Å². The van der Waals surface area contributed by atoms with Gasteiger partial charge in [0.15, 0.2) is 5.71 Å². The highest BCUT2D eigenvalue weighted by Gasteiger charge is 2.14. The number of oxime groups is 1. The number of methoxy groups -OCH3 is 2. The van der Waals surface area contributed by atoms with Crippen molar-refractivity contribution in [1.82, 2.24) is 0 Å². The summed E-state index contributed by atoms with van der Waals surface area (Å²) in [5.41, 5.74) is 0.0559. The van der Waals surface area contributed by atoms with E-state index in [2.05, 4.69) is 19.5 Å². The normalized spacial score (nSPS) is 10.6. The van der Waals surface area contributed by atoms with Crippen molar-refractivity contribution in [1.29, 1.82) is 0 Å². The first-order valence-electron chi connectivity index (χ1n) is 3.90. The molecule has 0 saturated carbocycles. The van der Waals surface area contributed by atoms with Gasteiger partial charge in [0.1, 0.15) is 7.11 Å². The fraction of sp³-hybridized carbons (Fsp3) is 0.625. The van der Waals surface area contributed by atoms with E-state index in [1.807, 2.05) is 0 Å². The summed E-state index contributed by atoms with van der Waals surface area (Å²) >= 11 is 0. The Kier molecular flexibility index (Phi) is 6.09. The zero-order valence-corrected chi connectivity index (χ0v) is 8.40. The van der Waals surface area contributed by atoms with Gasteiger partial charge in [0.25, 0.3) is 0 Å². The van der Waals surface area contributed by atoms with Crippen LogP contribution >= 0.6 is 0 Å². The second kappa shape index (κ2) is 6.88. The van der Waals surface area contributed by atoms with E-state index < -0.39 is 11.9 Å². The molecule has 0 aliphatic carbocycles. The molecule has 0 aromatic heterocycles. The molecule has 0 unspecified atom stereocenters. The van der Waals surface area contributed by atoms with Gasteiger partial charge < -0.3 is 14.3 Å². The molecule has 0 fully saturated rings. The molecule has 0 saturated heterocycles. The summed E-state index contributed by atoms with van der Waals surface area (Å²) in [4.78, 5) is 26.2. The second-order valence-corrected chi connectivity index (χ2v) is 2.29. The molecule has 0 N–H and O–H groups in total. The highest BCUT2D eigenvalue weighted by Crippen LogP contribution is 1.98. The Bertz CT molecular complexity index is 236. The van der Waals surface area contributed by atoms with Crippen molar-refractivity contribution in [3.63, 3.8) is 0 Å². The third kappa shape index (κ3) is 4.44.